The first-order chi connectivity index (χ1) is 10.2. The summed E-state index contributed by atoms with van der Waals surface area (Å²) < 4.78 is 5.40. The Morgan fingerprint density at radius 3 is 3.05 bits per heavy atom. The van der Waals surface area contributed by atoms with Crippen molar-refractivity contribution in [2.24, 2.45) is 11.8 Å². The third-order valence-corrected chi connectivity index (χ3v) is 4.91. The molecule has 2 aliphatic rings. The molecular weight excluding hydrogens is 264 g/mol. The number of hydrogen-bond acceptors (Lipinski definition) is 5. The highest BCUT2D eigenvalue weighted by molar-refractivity contribution is 5.29. The minimum atomic E-state index is 0.405. The zero-order valence-electron chi connectivity index (χ0n) is 13.1. The third kappa shape index (κ3) is 3.04. The Bertz CT molecular complexity index is 493. The van der Waals surface area contributed by atoms with E-state index in [9.17, 15) is 0 Å². The highest BCUT2D eigenvalue weighted by Crippen LogP contribution is 2.36. The van der Waals surface area contributed by atoms with Crippen LogP contribution >= 0.6 is 0 Å². The maximum absolute atomic E-state index is 5.75. The highest BCUT2D eigenvalue weighted by Gasteiger charge is 2.39. The number of nitrogens with two attached hydrogens (primary N) is 1. The van der Waals surface area contributed by atoms with E-state index < -0.39 is 0 Å². The normalized spacial score (nSPS) is 29.0. The molecule has 2 N–H and O–H groups in total. The fraction of sp³-hybridized carbons (Fsp3) is 0.750. The lowest BCUT2D eigenvalue weighted by molar-refractivity contribution is 0.0164. The number of nitrogen functional groups attached to an aromatic ring is 1. The Hall–Kier alpha value is -1.20. The van der Waals surface area contributed by atoms with Crippen molar-refractivity contribution in [1.82, 2.24) is 14.9 Å². The van der Waals surface area contributed by atoms with Crippen molar-refractivity contribution in [3.8, 4) is 0 Å². The Labute approximate surface area is 126 Å². The van der Waals surface area contributed by atoms with Crippen molar-refractivity contribution in [1.29, 1.82) is 0 Å². The summed E-state index contributed by atoms with van der Waals surface area (Å²) in [7, 11) is 1.81. The van der Waals surface area contributed by atoms with Crippen LogP contribution in [0.4, 0.5) is 5.95 Å². The molecule has 0 unspecified atom stereocenters. The number of fused-ring (bicyclic) bond motifs is 2. The molecule has 1 aromatic rings. The molecule has 1 saturated heterocycles. The van der Waals surface area contributed by atoms with Crippen molar-refractivity contribution < 1.29 is 4.74 Å². The van der Waals surface area contributed by atoms with Gasteiger partial charge in [0.05, 0.1) is 6.61 Å². The van der Waals surface area contributed by atoms with Crippen molar-refractivity contribution in [3.63, 3.8) is 0 Å². The number of nitrogens with zero attached hydrogens (tertiary/aromatic N) is 3. The second kappa shape index (κ2) is 6.28. The average molecular weight is 290 g/mol. The van der Waals surface area contributed by atoms with Gasteiger partial charge in [0.25, 0.3) is 0 Å². The summed E-state index contributed by atoms with van der Waals surface area (Å²) in [5.41, 5.74) is 8.20. The number of piperidine rings is 1. The number of rotatable bonds is 4. The highest BCUT2D eigenvalue weighted by atomic mass is 16.5. The number of methoxy groups -OCH3 is 1. The van der Waals surface area contributed by atoms with Gasteiger partial charge in [0.2, 0.25) is 5.95 Å². The second-order valence-electron chi connectivity index (χ2n) is 6.49. The van der Waals surface area contributed by atoms with Crippen LogP contribution < -0.4 is 5.73 Å². The van der Waals surface area contributed by atoms with Crippen molar-refractivity contribution in [2.45, 2.75) is 38.6 Å². The molecule has 0 radical (unpaired) electrons. The summed E-state index contributed by atoms with van der Waals surface area (Å²) in [5.74, 6) is 1.72. The van der Waals surface area contributed by atoms with Gasteiger partial charge in [-0.1, -0.05) is 6.92 Å². The van der Waals surface area contributed by atoms with Gasteiger partial charge < -0.3 is 10.5 Å². The summed E-state index contributed by atoms with van der Waals surface area (Å²) in [4.78, 5) is 11.3. The number of aromatic nitrogens is 2. The van der Waals surface area contributed by atoms with E-state index in [4.69, 9.17) is 10.5 Å². The van der Waals surface area contributed by atoms with Crippen molar-refractivity contribution in [2.75, 3.05) is 32.5 Å². The Balaban J connectivity index is 1.82. The Kier molecular flexibility index (Phi) is 4.40. The number of anilines is 1. The largest absolute Gasteiger partial charge is 0.384 e. The quantitative estimate of drug-likeness (QED) is 0.911. The molecule has 5 nitrogen and oxygen atoms in total. The van der Waals surface area contributed by atoms with Crippen LogP contribution in [0.2, 0.25) is 0 Å². The van der Waals surface area contributed by atoms with E-state index in [2.05, 4.69) is 21.8 Å². The van der Waals surface area contributed by atoms with Gasteiger partial charge in [-0.3, -0.25) is 4.90 Å². The molecule has 3 atom stereocenters. The standard InChI is InChI=1S/C16H26N4O/c1-3-4-20-9-11(10-21-2)5-12-6-14-13(7-15(12)20)8-18-16(17)19-14/h8,11-12,15H,3-7,9-10H2,1-2H3,(H2,17,18,19)/t11-,12+,15+/m1/s1. The summed E-state index contributed by atoms with van der Waals surface area (Å²) >= 11 is 0. The fourth-order valence-corrected chi connectivity index (χ4v) is 4.12. The predicted molar refractivity (Wildman–Crippen MR) is 83.0 cm³/mol. The summed E-state index contributed by atoms with van der Waals surface area (Å²) in [5, 5.41) is 0. The van der Waals surface area contributed by atoms with Crippen LogP contribution in [0.3, 0.4) is 0 Å². The van der Waals surface area contributed by atoms with Gasteiger partial charge in [0, 0.05) is 31.6 Å². The van der Waals surface area contributed by atoms with Crippen molar-refractivity contribution in [3.05, 3.63) is 17.5 Å². The molecule has 0 bridgehead atoms. The molecule has 21 heavy (non-hydrogen) atoms. The topological polar surface area (TPSA) is 64.3 Å². The summed E-state index contributed by atoms with van der Waals surface area (Å²) in [6.45, 7) is 5.46. The van der Waals surface area contributed by atoms with Gasteiger partial charge in [-0.25, -0.2) is 9.97 Å². The molecule has 5 heteroatoms. The minimum Gasteiger partial charge on any atom is -0.384 e. The van der Waals surface area contributed by atoms with E-state index in [0.717, 1.165) is 26.0 Å². The molecule has 3 rings (SSSR count). The molecule has 1 aromatic heterocycles. The molecular formula is C16H26N4O. The minimum absolute atomic E-state index is 0.405. The molecule has 2 heterocycles. The molecule has 1 fully saturated rings. The predicted octanol–water partition coefficient (Wildman–Crippen LogP) is 1.52. The monoisotopic (exact) mass is 290 g/mol. The Morgan fingerprint density at radius 1 is 1.43 bits per heavy atom. The van der Waals surface area contributed by atoms with Crippen LogP contribution in [-0.2, 0) is 17.6 Å². The van der Waals surface area contributed by atoms with E-state index in [0.29, 0.717) is 23.8 Å². The molecule has 1 aliphatic carbocycles. The lowest BCUT2D eigenvalue weighted by atomic mass is 9.74. The smallest absolute Gasteiger partial charge is 0.220 e. The lowest BCUT2D eigenvalue weighted by Gasteiger charge is -2.47. The maximum atomic E-state index is 5.75. The van der Waals surface area contributed by atoms with Gasteiger partial charge in [-0.2, -0.15) is 0 Å². The second-order valence-corrected chi connectivity index (χ2v) is 6.49. The first kappa shape index (κ1) is 14.7. The zero-order chi connectivity index (χ0) is 14.8. The van der Waals surface area contributed by atoms with E-state index >= 15 is 0 Å². The summed E-state index contributed by atoms with van der Waals surface area (Å²) in [6, 6.07) is 0.637. The van der Waals surface area contributed by atoms with E-state index in [-0.39, 0.29) is 0 Å². The Morgan fingerprint density at radius 2 is 2.29 bits per heavy atom. The van der Waals surface area contributed by atoms with Crippen LogP contribution in [0.5, 0.6) is 0 Å². The van der Waals surface area contributed by atoms with Crippen molar-refractivity contribution >= 4 is 5.95 Å². The molecule has 0 amide bonds. The average Bonchev–Trinajstić information content (AvgIpc) is 2.46. The van der Waals surface area contributed by atoms with Gasteiger partial charge >= 0.3 is 0 Å². The number of ether oxygens (including phenoxy) is 1. The van der Waals surface area contributed by atoms with Gasteiger partial charge in [0.15, 0.2) is 0 Å². The summed E-state index contributed by atoms with van der Waals surface area (Å²) in [6.07, 6.45) is 6.47. The van der Waals surface area contributed by atoms with Crippen LogP contribution in [0.15, 0.2) is 6.20 Å². The molecule has 0 aromatic carbocycles. The zero-order valence-corrected chi connectivity index (χ0v) is 13.1. The van der Waals surface area contributed by atoms with Crippen LogP contribution in [0.1, 0.15) is 31.0 Å². The van der Waals surface area contributed by atoms with E-state index in [1.807, 2.05) is 6.20 Å². The van der Waals surface area contributed by atoms with Crippen LogP contribution in [0.25, 0.3) is 0 Å². The molecule has 0 saturated carbocycles. The van der Waals surface area contributed by atoms with Gasteiger partial charge in [-0.05, 0) is 49.6 Å². The van der Waals surface area contributed by atoms with Crippen LogP contribution in [0, 0.1) is 11.8 Å². The maximum Gasteiger partial charge on any atom is 0.220 e. The molecule has 1 aliphatic heterocycles. The fourth-order valence-electron chi connectivity index (χ4n) is 4.12. The van der Waals surface area contributed by atoms with Gasteiger partial charge in [0.1, 0.15) is 0 Å². The van der Waals surface area contributed by atoms with E-state index in [1.54, 1.807) is 7.11 Å². The lowest BCUT2D eigenvalue weighted by Crippen LogP contribution is -2.53. The molecule has 116 valence electrons. The third-order valence-electron chi connectivity index (χ3n) is 4.91. The number of hydrogen-bond donors (Lipinski definition) is 1. The number of likely N-dealkylation sites (tertiary alicyclic amines) is 1. The first-order valence-corrected chi connectivity index (χ1v) is 8.04. The van der Waals surface area contributed by atoms with E-state index in [1.165, 1.54) is 30.6 Å². The SMILES string of the molecule is CCCN1C[C@H](COC)C[C@H]2Cc3nc(N)ncc3C[C@@H]21. The first-order valence-electron chi connectivity index (χ1n) is 8.04. The molecule has 0 spiro atoms. The van der Waals surface area contributed by atoms with Gasteiger partial charge in [-0.15, -0.1) is 0 Å². The van der Waals surface area contributed by atoms with Crippen LogP contribution in [-0.4, -0.2) is 47.7 Å².